The zero-order chi connectivity index (χ0) is 18.8. The Labute approximate surface area is 151 Å². The number of amides is 1. The van der Waals surface area contributed by atoms with Gasteiger partial charge >= 0.3 is 0 Å². The van der Waals surface area contributed by atoms with Gasteiger partial charge in [-0.25, -0.2) is 4.99 Å². The Hall–Kier alpha value is -2.50. The van der Waals surface area contributed by atoms with Crippen LogP contribution in [0.15, 0.2) is 35.3 Å². The Morgan fingerprint density at radius 1 is 1.32 bits per heavy atom. The minimum absolute atomic E-state index is 0.0419. The molecule has 25 heavy (non-hydrogen) atoms. The van der Waals surface area contributed by atoms with E-state index in [1.807, 2.05) is 19.9 Å². The normalized spacial score (nSPS) is 11.0. The fourth-order valence-corrected chi connectivity index (χ4v) is 2.04. The van der Waals surface area contributed by atoms with Gasteiger partial charge in [-0.1, -0.05) is 24.3 Å². The molecule has 0 atom stereocenters. The number of aliphatic imine (C=N–C) groups is 1. The fraction of sp³-hybridized carbons (Fsp3) is 0.474. The Morgan fingerprint density at radius 2 is 2.04 bits per heavy atom. The van der Waals surface area contributed by atoms with Crippen molar-refractivity contribution in [3.05, 3.63) is 41.5 Å². The van der Waals surface area contributed by atoms with E-state index in [2.05, 4.69) is 34.3 Å². The number of likely N-dealkylation sites (N-methyl/N-ethyl adjacent to an activating group) is 1. The summed E-state index contributed by atoms with van der Waals surface area (Å²) < 4.78 is 5.36. The summed E-state index contributed by atoms with van der Waals surface area (Å²) in [6, 6.07) is 6.19. The molecule has 1 aromatic rings. The van der Waals surface area contributed by atoms with Gasteiger partial charge < -0.3 is 20.3 Å². The quantitative estimate of drug-likeness (QED) is 0.428. The van der Waals surface area contributed by atoms with E-state index in [-0.39, 0.29) is 12.5 Å². The van der Waals surface area contributed by atoms with Gasteiger partial charge in [0.2, 0.25) is 5.91 Å². The molecule has 138 valence electrons. The van der Waals surface area contributed by atoms with Crippen LogP contribution in [0.25, 0.3) is 0 Å². The van der Waals surface area contributed by atoms with Crippen molar-refractivity contribution in [3.63, 3.8) is 0 Å². The predicted molar refractivity (Wildman–Crippen MR) is 103 cm³/mol. The first-order valence-electron chi connectivity index (χ1n) is 8.33. The van der Waals surface area contributed by atoms with Gasteiger partial charge in [-0.15, -0.1) is 0 Å². The standard InChI is InChI=1S/C19H30N4O2/c1-14(2)12-21-19(22-13-18(24)23(4)5)20-10-9-16-8-7-15(3)17(11-16)25-6/h7-8,11H,1,9-10,12-13H2,2-6H3,(H2,20,21,22). The number of hydrogen-bond donors (Lipinski definition) is 2. The molecule has 0 saturated carbocycles. The van der Waals surface area contributed by atoms with Crippen LogP contribution >= 0.6 is 0 Å². The van der Waals surface area contributed by atoms with Gasteiger partial charge in [-0.3, -0.25) is 4.79 Å². The van der Waals surface area contributed by atoms with Crippen LogP contribution in [0.4, 0.5) is 0 Å². The van der Waals surface area contributed by atoms with Gasteiger partial charge in [0.05, 0.1) is 7.11 Å². The van der Waals surface area contributed by atoms with Crippen LogP contribution in [0.3, 0.4) is 0 Å². The second kappa shape index (κ2) is 10.4. The molecule has 1 amide bonds. The molecular weight excluding hydrogens is 316 g/mol. The summed E-state index contributed by atoms with van der Waals surface area (Å²) in [5, 5.41) is 6.43. The molecule has 6 nitrogen and oxygen atoms in total. The highest BCUT2D eigenvalue weighted by Gasteiger charge is 2.05. The molecule has 0 radical (unpaired) electrons. The van der Waals surface area contributed by atoms with Crippen LogP contribution in [0.1, 0.15) is 18.1 Å². The van der Waals surface area contributed by atoms with Gasteiger partial charge in [-0.05, 0) is 37.5 Å². The smallest absolute Gasteiger partial charge is 0.243 e. The van der Waals surface area contributed by atoms with Crippen LogP contribution in [-0.4, -0.2) is 57.6 Å². The number of rotatable bonds is 8. The fourth-order valence-electron chi connectivity index (χ4n) is 2.04. The first-order valence-corrected chi connectivity index (χ1v) is 8.33. The van der Waals surface area contributed by atoms with Crippen molar-refractivity contribution in [3.8, 4) is 5.75 Å². The lowest BCUT2D eigenvalue weighted by Crippen LogP contribution is -2.40. The summed E-state index contributed by atoms with van der Waals surface area (Å²) >= 11 is 0. The highest BCUT2D eigenvalue weighted by Crippen LogP contribution is 2.18. The van der Waals surface area contributed by atoms with Crippen molar-refractivity contribution in [1.29, 1.82) is 0 Å². The lowest BCUT2D eigenvalue weighted by Gasteiger charge is -2.14. The third kappa shape index (κ3) is 7.74. The predicted octanol–water partition coefficient (Wildman–Crippen LogP) is 1.75. The zero-order valence-electron chi connectivity index (χ0n) is 16.0. The number of methoxy groups -OCH3 is 1. The van der Waals surface area contributed by atoms with Crippen LogP contribution in [0.5, 0.6) is 5.75 Å². The van der Waals surface area contributed by atoms with Crippen LogP contribution in [0, 0.1) is 6.92 Å². The van der Waals surface area contributed by atoms with E-state index in [9.17, 15) is 4.79 Å². The molecule has 0 spiro atoms. The molecule has 0 fully saturated rings. The Kier molecular flexibility index (Phi) is 8.53. The molecule has 0 bridgehead atoms. The summed E-state index contributed by atoms with van der Waals surface area (Å²) in [4.78, 5) is 17.6. The number of nitrogens with one attached hydrogen (secondary N) is 2. The third-order valence-electron chi connectivity index (χ3n) is 3.61. The molecule has 2 N–H and O–H groups in total. The maximum atomic E-state index is 11.7. The van der Waals surface area contributed by atoms with E-state index >= 15 is 0 Å². The van der Waals surface area contributed by atoms with E-state index in [4.69, 9.17) is 4.74 Å². The molecule has 0 aliphatic heterocycles. The molecule has 0 aliphatic carbocycles. The van der Waals surface area contributed by atoms with E-state index in [0.717, 1.165) is 23.3 Å². The lowest BCUT2D eigenvalue weighted by atomic mass is 10.1. The second-order valence-corrected chi connectivity index (χ2v) is 6.24. The first kappa shape index (κ1) is 20.5. The first-order chi connectivity index (χ1) is 11.8. The number of aryl methyl sites for hydroxylation is 1. The SMILES string of the molecule is C=C(C)CNC(=NCC(=O)N(C)C)NCCc1ccc(C)c(OC)c1. The number of carbonyl (C=O) groups is 1. The minimum atomic E-state index is -0.0419. The number of carbonyl (C=O) groups excluding carboxylic acids is 1. The monoisotopic (exact) mass is 346 g/mol. The maximum absolute atomic E-state index is 11.7. The average Bonchev–Trinajstić information content (AvgIpc) is 2.57. The topological polar surface area (TPSA) is 66.0 Å². The largest absolute Gasteiger partial charge is 0.496 e. The van der Waals surface area contributed by atoms with Gasteiger partial charge in [0.15, 0.2) is 5.96 Å². The highest BCUT2D eigenvalue weighted by molar-refractivity contribution is 5.84. The summed E-state index contributed by atoms with van der Waals surface area (Å²) in [5.74, 6) is 1.46. The van der Waals surface area contributed by atoms with Gasteiger partial charge in [0.1, 0.15) is 12.3 Å². The van der Waals surface area contributed by atoms with Crippen molar-refractivity contribution in [2.75, 3.05) is 40.8 Å². The minimum Gasteiger partial charge on any atom is -0.496 e. The van der Waals surface area contributed by atoms with E-state index in [1.165, 1.54) is 10.5 Å². The molecular formula is C19H30N4O2. The highest BCUT2D eigenvalue weighted by atomic mass is 16.5. The summed E-state index contributed by atoms with van der Waals surface area (Å²) in [6.07, 6.45) is 0.825. The molecule has 0 aromatic heterocycles. The Bertz CT molecular complexity index is 624. The van der Waals surface area contributed by atoms with E-state index < -0.39 is 0 Å². The van der Waals surface area contributed by atoms with Crippen molar-refractivity contribution in [2.45, 2.75) is 20.3 Å². The van der Waals surface area contributed by atoms with Crippen molar-refractivity contribution in [1.82, 2.24) is 15.5 Å². The van der Waals surface area contributed by atoms with Gasteiger partial charge in [0, 0.05) is 27.2 Å². The van der Waals surface area contributed by atoms with Crippen LogP contribution in [-0.2, 0) is 11.2 Å². The molecule has 0 heterocycles. The van der Waals surface area contributed by atoms with Gasteiger partial charge in [0.25, 0.3) is 0 Å². The second-order valence-electron chi connectivity index (χ2n) is 6.24. The molecule has 1 rings (SSSR count). The zero-order valence-corrected chi connectivity index (χ0v) is 16.0. The maximum Gasteiger partial charge on any atom is 0.243 e. The van der Waals surface area contributed by atoms with E-state index in [1.54, 1.807) is 21.2 Å². The number of benzene rings is 1. The van der Waals surface area contributed by atoms with Crippen LogP contribution < -0.4 is 15.4 Å². The number of nitrogens with zero attached hydrogens (tertiary/aromatic N) is 2. The molecule has 0 unspecified atom stereocenters. The summed E-state index contributed by atoms with van der Waals surface area (Å²) in [5.41, 5.74) is 3.29. The number of hydrogen-bond acceptors (Lipinski definition) is 3. The van der Waals surface area contributed by atoms with Crippen molar-refractivity contribution < 1.29 is 9.53 Å². The van der Waals surface area contributed by atoms with Crippen LogP contribution in [0.2, 0.25) is 0 Å². The average molecular weight is 346 g/mol. The third-order valence-corrected chi connectivity index (χ3v) is 3.61. The molecule has 0 aliphatic rings. The summed E-state index contributed by atoms with van der Waals surface area (Å²) in [7, 11) is 5.12. The number of ether oxygens (including phenoxy) is 1. The van der Waals surface area contributed by atoms with E-state index in [0.29, 0.717) is 19.0 Å². The van der Waals surface area contributed by atoms with Gasteiger partial charge in [-0.2, -0.15) is 0 Å². The Morgan fingerprint density at radius 3 is 2.64 bits per heavy atom. The Balaban J connectivity index is 2.63. The number of guanidine groups is 1. The summed E-state index contributed by atoms with van der Waals surface area (Å²) in [6.45, 7) is 9.25. The molecule has 0 saturated heterocycles. The molecule has 1 aromatic carbocycles. The van der Waals surface area contributed by atoms with Crippen molar-refractivity contribution in [2.24, 2.45) is 4.99 Å². The molecule has 6 heteroatoms. The van der Waals surface area contributed by atoms with Crippen molar-refractivity contribution >= 4 is 11.9 Å². The lowest BCUT2D eigenvalue weighted by molar-refractivity contribution is -0.127.